The molecule has 0 spiro atoms. The van der Waals surface area contributed by atoms with Crippen molar-refractivity contribution in [1.82, 2.24) is 0 Å². The van der Waals surface area contributed by atoms with Crippen LogP contribution in [0.25, 0.3) is 0 Å². The molecule has 0 saturated carbocycles. The molecule has 2 unspecified atom stereocenters. The van der Waals surface area contributed by atoms with Gasteiger partial charge in [0.05, 0.1) is 6.10 Å². The highest BCUT2D eigenvalue weighted by molar-refractivity contribution is 6.30. The second-order valence-electron chi connectivity index (χ2n) is 4.81. The molecule has 1 aromatic carbocycles. The van der Waals surface area contributed by atoms with Gasteiger partial charge in [0.2, 0.25) is 0 Å². The van der Waals surface area contributed by atoms with Gasteiger partial charge in [-0.05, 0) is 49.8 Å². The zero-order valence-corrected chi connectivity index (χ0v) is 10.8. The SMILES string of the molecule is NC(CCC1CCCO1)Cc1cccc(Cl)c1. The number of ether oxygens (including phenoxy) is 1. The van der Waals surface area contributed by atoms with Crippen molar-refractivity contribution in [2.24, 2.45) is 5.73 Å². The summed E-state index contributed by atoms with van der Waals surface area (Å²) in [6.07, 6.45) is 5.85. The molecule has 17 heavy (non-hydrogen) atoms. The van der Waals surface area contributed by atoms with Gasteiger partial charge in [-0.1, -0.05) is 23.7 Å². The van der Waals surface area contributed by atoms with Gasteiger partial charge in [0.1, 0.15) is 0 Å². The summed E-state index contributed by atoms with van der Waals surface area (Å²) < 4.78 is 5.60. The minimum Gasteiger partial charge on any atom is -0.378 e. The van der Waals surface area contributed by atoms with Crippen molar-refractivity contribution < 1.29 is 4.74 Å². The lowest BCUT2D eigenvalue weighted by atomic mass is 10.0. The highest BCUT2D eigenvalue weighted by Gasteiger charge is 2.16. The van der Waals surface area contributed by atoms with Gasteiger partial charge in [-0.2, -0.15) is 0 Å². The van der Waals surface area contributed by atoms with E-state index >= 15 is 0 Å². The van der Waals surface area contributed by atoms with Crippen molar-refractivity contribution in [3.05, 3.63) is 34.9 Å². The first-order valence-electron chi connectivity index (χ1n) is 6.35. The van der Waals surface area contributed by atoms with E-state index in [1.54, 1.807) is 0 Å². The van der Waals surface area contributed by atoms with Gasteiger partial charge in [0, 0.05) is 17.7 Å². The van der Waals surface area contributed by atoms with Crippen molar-refractivity contribution in [1.29, 1.82) is 0 Å². The number of nitrogens with two attached hydrogens (primary N) is 1. The predicted octanol–water partition coefficient (Wildman–Crippen LogP) is 3.17. The average molecular weight is 254 g/mol. The Labute approximate surface area is 108 Å². The smallest absolute Gasteiger partial charge is 0.0576 e. The van der Waals surface area contributed by atoms with Crippen molar-refractivity contribution in [2.45, 2.75) is 44.2 Å². The molecule has 0 aromatic heterocycles. The third-order valence-corrected chi connectivity index (χ3v) is 3.51. The van der Waals surface area contributed by atoms with Crippen LogP contribution in [0.4, 0.5) is 0 Å². The van der Waals surface area contributed by atoms with Gasteiger partial charge in [0.15, 0.2) is 0 Å². The molecule has 0 amide bonds. The molecule has 0 bridgehead atoms. The maximum atomic E-state index is 6.14. The van der Waals surface area contributed by atoms with Crippen LogP contribution in [0.1, 0.15) is 31.2 Å². The Kier molecular flexibility index (Phi) is 4.84. The van der Waals surface area contributed by atoms with Crippen LogP contribution in [-0.4, -0.2) is 18.8 Å². The molecule has 1 saturated heterocycles. The third-order valence-electron chi connectivity index (χ3n) is 3.27. The summed E-state index contributed by atoms with van der Waals surface area (Å²) in [6, 6.07) is 8.15. The second kappa shape index (κ2) is 6.39. The maximum Gasteiger partial charge on any atom is 0.0576 e. The predicted molar refractivity (Wildman–Crippen MR) is 71.3 cm³/mol. The lowest BCUT2D eigenvalue weighted by Crippen LogP contribution is -2.24. The summed E-state index contributed by atoms with van der Waals surface area (Å²) in [4.78, 5) is 0. The summed E-state index contributed by atoms with van der Waals surface area (Å²) >= 11 is 5.95. The Hall–Kier alpha value is -0.570. The summed E-state index contributed by atoms with van der Waals surface area (Å²) in [5.41, 5.74) is 7.36. The Morgan fingerprint density at radius 3 is 3.06 bits per heavy atom. The summed E-state index contributed by atoms with van der Waals surface area (Å²) in [5, 5.41) is 0.786. The van der Waals surface area contributed by atoms with E-state index < -0.39 is 0 Å². The highest BCUT2D eigenvalue weighted by Crippen LogP contribution is 2.19. The van der Waals surface area contributed by atoms with Crippen molar-refractivity contribution in [3.8, 4) is 0 Å². The fourth-order valence-electron chi connectivity index (χ4n) is 2.34. The first-order valence-corrected chi connectivity index (χ1v) is 6.73. The summed E-state index contributed by atoms with van der Waals surface area (Å²) in [7, 11) is 0. The molecule has 0 aliphatic carbocycles. The topological polar surface area (TPSA) is 35.2 Å². The third kappa shape index (κ3) is 4.30. The molecule has 94 valence electrons. The van der Waals surface area contributed by atoms with Gasteiger partial charge in [-0.25, -0.2) is 0 Å². The van der Waals surface area contributed by atoms with Crippen LogP contribution in [0, 0.1) is 0 Å². The molecule has 2 N–H and O–H groups in total. The van der Waals surface area contributed by atoms with Crippen LogP contribution in [0.15, 0.2) is 24.3 Å². The van der Waals surface area contributed by atoms with E-state index in [0.29, 0.717) is 6.10 Å². The first-order chi connectivity index (χ1) is 8.24. The van der Waals surface area contributed by atoms with Crippen LogP contribution in [0.5, 0.6) is 0 Å². The maximum absolute atomic E-state index is 6.14. The number of rotatable bonds is 5. The molecule has 2 nitrogen and oxygen atoms in total. The fraction of sp³-hybridized carbons (Fsp3) is 0.571. The Morgan fingerprint density at radius 1 is 1.47 bits per heavy atom. The minimum absolute atomic E-state index is 0.206. The monoisotopic (exact) mass is 253 g/mol. The van der Waals surface area contributed by atoms with Gasteiger partial charge in [-0.15, -0.1) is 0 Å². The largest absolute Gasteiger partial charge is 0.378 e. The van der Waals surface area contributed by atoms with Crippen LogP contribution >= 0.6 is 11.6 Å². The molecule has 1 aromatic rings. The van der Waals surface area contributed by atoms with Crippen molar-refractivity contribution in [3.63, 3.8) is 0 Å². The van der Waals surface area contributed by atoms with Crippen molar-refractivity contribution in [2.75, 3.05) is 6.61 Å². The van der Waals surface area contributed by atoms with Crippen LogP contribution in [0.2, 0.25) is 5.02 Å². The van der Waals surface area contributed by atoms with Crippen molar-refractivity contribution >= 4 is 11.6 Å². The minimum atomic E-state index is 0.206. The van der Waals surface area contributed by atoms with E-state index in [-0.39, 0.29) is 6.04 Å². The van der Waals surface area contributed by atoms with E-state index in [0.717, 1.165) is 30.9 Å². The molecule has 1 heterocycles. The van der Waals surface area contributed by atoms with Gasteiger partial charge >= 0.3 is 0 Å². The molecule has 0 radical (unpaired) electrons. The van der Waals surface area contributed by atoms with Crippen LogP contribution in [0.3, 0.4) is 0 Å². The number of halogens is 1. The average Bonchev–Trinajstić information content (AvgIpc) is 2.79. The van der Waals surface area contributed by atoms with Gasteiger partial charge < -0.3 is 10.5 Å². The summed E-state index contributed by atoms with van der Waals surface area (Å²) in [6.45, 7) is 0.925. The molecule has 1 aliphatic rings. The van der Waals surface area contributed by atoms with Crippen LogP contribution < -0.4 is 5.73 Å². The second-order valence-corrected chi connectivity index (χ2v) is 5.24. The van der Waals surface area contributed by atoms with E-state index in [4.69, 9.17) is 22.1 Å². The lowest BCUT2D eigenvalue weighted by molar-refractivity contribution is 0.101. The molecular weight excluding hydrogens is 234 g/mol. The number of benzene rings is 1. The Bertz CT molecular complexity index is 350. The molecule has 3 heteroatoms. The Morgan fingerprint density at radius 2 is 2.35 bits per heavy atom. The molecule has 1 aliphatic heterocycles. The van der Waals surface area contributed by atoms with Gasteiger partial charge in [0.25, 0.3) is 0 Å². The molecule has 2 atom stereocenters. The van der Waals surface area contributed by atoms with E-state index in [9.17, 15) is 0 Å². The highest BCUT2D eigenvalue weighted by atomic mass is 35.5. The van der Waals surface area contributed by atoms with Crippen LogP contribution in [-0.2, 0) is 11.2 Å². The number of hydrogen-bond acceptors (Lipinski definition) is 2. The van der Waals surface area contributed by atoms with E-state index in [2.05, 4.69) is 6.07 Å². The normalized spacial score (nSPS) is 21.6. The quantitative estimate of drug-likeness (QED) is 0.875. The van der Waals surface area contributed by atoms with E-state index in [1.807, 2.05) is 18.2 Å². The molecular formula is C14H20ClNO. The van der Waals surface area contributed by atoms with Gasteiger partial charge in [-0.3, -0.25) is 0 Å². The molecule has 2 rings (SSSR count). The Balaban J connectivity index is 1.74. The fourth-order valence-corrected chi connectivity index (χ4v) is 2.55. The standard InChI is InChI=1S/C14H20ClNO/c15-12-4-1-3-11(9-12)10-13(16)6-7-14-5-2-8-17-14/h1,3-4,9,13-14H,2,5-8,10,16H2. The zero-order chi connectivity index (χ0) is 12.1. The van der Waals surface area contributed by atoms with E-state index in [1.165, 1.54) is 18.4 Å². The first kappa shape index (κ1) is 12.9. The lowest BCUT2D eigenvalue weighted by Gasteiger charge is -2.14. The number of hydrogen-bond donors (Lipinski definition) is 1. The summed E-state index contributed by atoms with van der Waals surface area (Å²) in [5.74, 6) is 0. The zero-order valence-electron chi connectivity index (χ0n) is 10.1. The molecule has 1 fully saturated rings.